The SMILES string of the molecule is N#CCN1CCC(CNC(=O)CCCOc2ccc(Cl)cc2)CC1. The molecule has 1 aliphatic heterocycles. The minimum atomic E-state index is 0.0779. The summed E-state index contributed by atoms with van der Waals surface area (Å²) in [6, 6.07) is 9.39. The minimum Gasteiger partial charge on any atom is -0.494 e. The molecule has 0 aromatic heterocycles. The Morgan fingerprint density at radius 3 is 2.71 bits per heavy atom. The first kappa shape index (κ1) is 18.6. The molecule has 130 valence electrons. The molecular weight excluding hydrogens is 326 g/mol. The Hall–Kier alpha value is -1.77. The van der Waals surface area contributed by atoms with Gasteiger partial charge in [-0.3, -0.25) is 9.69 Å². The van der Waals surface area contributed by atoms with Crippen molar-refractivity contribution in [3.8, 4) is 11.8 Å². The fourth-order valence-corrected chi connectivity index (χ4v) is 2.87. The number of halogens is 1. The molecule has 5 nitrogen and oxygen atoms in total. The monoisotopic (exact) mass is 349 g/mol. The van der Waals surface area contributed by atoms with Gasteiger partial charge >= 0.3 is 0 Å². The smallest absolute Gasteiger partial charge is 0.220 e. The van der Waals surface area contributed by atoms with Crippen LogP contribution in [-0.2, 0) is 4.79 Å². The van der Waals surface area contributed by atoms with E-state index in [0.717, 1.165) is 38.2 Å². The summed E-state index contributed by atoms with van der Waals surface area (Å²) in [5.41, 5.74) is 0. The molecule has 0 saturated carbocycles. The molecule has 24 heavy (non-hydrogen) atoms. The maximum Gasteiger partial charge on any atom is 0.220 e. The molecule has 1 amide bonds. The van der Waals surface area contributed by atoms with Gasteiger partial charge in [0.2, 0.25) is 5.91 Å². The summed E-state index contributed by atoms with van der Waals surface area (Å²) in [7, 11) is 0. The van der Waals surface area contributed by atoms with E-state index in [1.807, 2.05) is 12.1 Å². The van der Waals surface area contributed by atoms with Gasteiger partial charge in [0.25, 0.3) is 0 Å². The molecule has 1 aromatic rings. The van der Waals surface area contributed by atoms with Crippen LogP contribution in [0.25, 0.3) is 0 Å². The van der Waals surface area contributed by atoms with Crippen molar-refractivity contribution in [3.63, 3.8) is 0 Å². The molecule has 1 N–H and O–H groups in total. The van der Waals surface area contributed by atoms with E-state index in [2.05, 4.69) is 16.3 Å². The number of carbonyl (C=O) groups is 1. The number of nitriles is 1. The molecule has 1 fully saturated rings. The highest BCUT2D eigenvalue weighted by molar-refractivity contribution is 6.30. The van der Waals surface area contributed by atoms with Crippen molar-refractivity contribution in [3.05, 3.63) is 29.3 Å². The molecule has 0 bridgehead atoms. The Bertz CT molecular complexity index is 548. The van der Waals surface area contributed by atoms with Crippen molar-refractivity contribution >= 4 is 17.5 Å². The van der Waals surface area contributed by atoms with Crippen LogP contribution in [0.4, 0.5) is 0 Å². The molecule has 0 unspecified atom stereocenters. The second kappa shape index (κ2) is 10.2. The highest BCUT2D eigenvalue weighted by Gasteiger charge is 2.19. The van der Waals surface area contributed by atoms with Crippen molar-refractivity contribution in [2.45, 2.75) is 25.7 Å². The summed E-state index contributed by atoms with van der Waals surface area (Å²) >= 11 is 5.81. The molecular formula is C18H24ClN3O2. The van der Waals surface area contributed by atoms with E-state index < -0.39 is 0 Å². The second-order valence-electron chi connectivity index (χ2n) is 6.09. The number of carbonyl (C=O) groups excluding carboxylic acids is 1. The third-order valence-corrected chi connectivity index (χ3v) is 4.47. The number of hydrogen-bond acceptors (Lipinski definition) is 4. The number of ether oxygens (including phenoxy) is 1. The Balaban J connectivity index is 1.52. The summed E-state index contributed by atoms with van der Waals surface area (Å²) in [6.07, 6.45) is 3.25. The molecule has 1 aromatic carbocycles. The number of amides is 1. The van der Waals surface area contributed by atoms with Crippen molar-refractivity contribution in [1.29, 1.82) is 5.26 Å². The molecule has 2 rings (SSSR count). The number of benzene rings is 1. The molecule has 0 spiro atoms. The molecule has 0 atom stereocenters. The van der Waals surface area contributed by atoms with Gasteiger partial charge in [-0.2, -0.15) is 5.26 Å². The van der Waals surface area contributed by atoms with Gasteiger partial charge in [0.05, 0.1) is 19.2 Å². The van der Waals surface area contributed by atoms with Gasteiger partial charge in [0, 0.05) is 18.0 Å². The predicted octanol–water partition coefficient (Wildman–Crippen LogP) is 2.85. The number of piperidine rings is 1. The highest BCUT2D eigenvalue weighted by atomic mass is 35.5. The Morgan fingerprint density at radius 2 is 2.04 bits per heavy atom. The maximum atomic E-state index is 11.9. The lowest BCUT2D eigenvalue weighted by atomic mass is 9.97. The van der Waals surface area contributed by atoms with E-state index in [9.17, 15) is 4.79 Å². The van der Waals surface area contributed by atoms with Crippen molar-refractivity contribution in [2.24, 2.45) is 5.92 Å². The van der Waals surface area contributed by atoms with Crippen LogP contribution < -0.4 is 10.1 Å². The summed E-state index contributed by atoms with van der Waals surface area (Å²) < 4.78 is 5.57. The van der Waals surface area contributed by atoms with Gasteiger partial charge < -0.3 is 10.1 Å². The number of hydrogen-bond donors (Lipinski definition) is 1. The molecule has 1 heterocycles. The van der Waals surface area contributed by atoms with Gasteiger partial charge in [-0.05, 0) is 62.5 Å². The summed E-state index contributed by atoms with van der Waals surface area (Å²) in [4.78, 5) is 14.0. The maximum absolute atomic E-state index is 11.9. The minimum absolute atomic E-state index is 0.0779. The van der Waals surface area contributed by atoms with Crippen molar-refractivity contribution in [1.82, 2.24) is 10.2 Å². The van der Waals surface area contributed by atoms with E-state index in [1.165, 1.54) is 0 Å². The van der Waals surface area contributed by atoms with Crippen LogP contribution in [0.5, 0.6) is 5.75 Å². The average molecular weight is 350 g/mol. The van der Waals surface area contributed by atoms with Crippen LogP contribution in [0.15, 0.2) is 24.3 Å². The largest absolute Gasteiger partial charge is 0.494 e. The van der Waals surface area contributed by atoms with E-state index in [4.69, 9.17) is 21.6 Å². The first-order valence-electron chi connectivity index (χ1n) is 8.41. The van der Waals surface area contributed by atoms with E-state index in [-0.39, 0.29) is 5.91 Å². The first-order chi connectivity index (χ1) is 11.7. The Labute approximate surface area is 148 Å². The normalized spacial score (nSPS) is 15.7. The molecule has 0 radical (unpaired) electrons. The van der Waals surface area contributed by atoms with Gasteiger partial charge in [0.15, 0.2) is 0 Å². The van der Waals surface area contributed by atoms with Crippen LogP contribution in [0.3, 0.4) is 0 Å². The molecule has 6 heteroatoms. The van der Waals surface area contributed by atoms with E-state index in [1.54, 1.807) is 12.1 Å². The van der Waals surface area contributed by atoms with E-state index >= 15 is 0 Å². The number of likely N-dealkylation sites (tertiary alicyclic amines) is 1. The zero-order valence-electron chi connectivity index (χ0n) is 13.8. The van der Waals surface area contributed by atoms with Gasteiger partial charge in [-0.15, -0.1) is 0 Å². The predicted molar refractivity (Wildman–Crippen MR) is 94.0 cm³/mol. The first-order valence-corrected chi connectivity index (χ1v) is 8.79. The third kappa shape index (κ3) is 6.77. The zero-order chi connectivity index (χ0) is 17.2. The lowest BCUT2D eigenvalue weighted by Gasteiger charge is -2.30. The summed E-state index contributed by atoms with van der Waals surface area (Å²) in [5, 5.41) is 12.4. The van der Waals surface area contributed by atoms with Crippen LogP contribution in [-0.4, -0.2) is 43.6 Å². The second-order valence-corrected chi connectivity index (χ2v) is 6.52. The number of nitrogens with one attached hydrogen (secondary N) is 1. The van der Waals surface area contributed by atoms with Crippen molar-refractivity contribution in [2.75, 3.05) is 32.8 Å². The zero-order valence-corrected chi connectivity index (χ0v) is 14.6. The molecule has 1 aliphatic rings. The average Bonchev–Trinajstić information content (AvgIpc) is 2.60. The topological polar surface area (TPSA) is 65.4 Å². The van der Waals surface area contributed by atoms with Gasteiger partial charge in [0.1, 0.15) is 5.75 Å². The van der Waals surface area contributed by atoms with Crippen LogP contribution >= 0.6 is 11.6 Å². The van der Waals surface area contributed by atoms with E-state index in [0.29, 0.717) is 36.9 Å². The van der Waals surface area contributed by atoms with Crippen LogP contribution in [0.2, 0.25) is 5.02 Å². The van der Waals surface area contributed by atoms with Gasteiger partial charge in [-0.25, -0.2) is 0 Å². The molecule has 1 saturated heterocycles. The number of nitrogens with zero attached hydrogens (tertiary/aromatic N) is 2. The fraction of sp³-hybridized carbons (Fsp3) is 0.556. The molecule has 0 aliphatic carbocycles. The third-order valence-electron chi connectivity index (χ3n) is 4.22. The van der Waals surface area contributed by atoms with Crippen LogP contribution in [0.1, 0.15) is 25.7 Å². The van der Waals surface area contributed by atoms with Crippen molar-refractivity contribution < 1.29 is 9.53 Å². The lowest BCUT2D eigenvalue weighted by molar-refractivity contribution is -0.121. The van der Waals surface area contributed by atoms with Gasteiger partial charge in [-0.1, -0.05) is 11.6 Å². The summed E-state index contributed by atoms with van der Waals surface area (Å²) in [5.74, 6) is 1.37. The standard InChI is InChI=1S/C18H24ClN3O2/c19-16-3-5-17(6-4-16)24-13-1-2-18(23)21-14-15-7-10-22(11-8-15)12-9-20/h3-6,15H,1-2,7-8,10-14H2,(H,21,23). The van der Waals surface area contributed by atoms with Crippen LogP contribution in [0, 0.1) is 17.2 Å². The lowest BCUT2D eigenvalue weighted by Crippen LogP contribution is -2.38. The Morgan fingerprint density at radius 1 is 1.33 bits per heavy atom. The Kier molecular flexibility index (Phi) is 7.87. The quantitative estimate of drug-likeness (QED) is 0.579. The number of rotatable bonds is 8. The fourth-order valence-electron chi connectivity index (χ4n) is 2.75. The summed E-state index contributed by atoms with van der Waals surface area (Å²) in [6.45, 7) is 3.65. The highest BCUT2D eigenvalue weighted by Crippen LogP contribution is 2.17.